The molecule has 0 bridgehead atoms. The number of halogens is 1. The summed E-state index contributed by atoms with van der Waals surface area (Å²) in [4.78, 5) is 24.4. The average Bonchev–Trinajstić information content (AvgIpc) is 2.84. The van der Waals surface area contributed by atoms with Crippen LogP contribution in [0.5, 0.6) is 0 Å². The zero-order valence-corrected chi connectivity index (χ0v) is 12.7. The lowest BCUT2D eigenvalue weighted by molar-refractivity contribution is -0.127. The number of carbonyl (C=O) groups is 2. The number of carboxylic acids is 1. The van der Waals surface area contributed by atoms with E-state index < -0.39 is 5.97 Å². The molecule has 116 valence electrons. The fourth-order valence-electron chi connectivity index (χ4n) is 2.44. The van der Waals surface area contributed by atoms with Crippen molar-refractivity contribution in [1.82, 2.24) is 10.2 Å². The summed E-state index contributed by atoms with van der Waals surface area (Å²) in [6.07, 6.45) is 2.54. The molecule has 1 fully saturated rings. The third kappa shape index (κ3) is 5.02. The Morgan fingerprint density at radius 2 is 2.10 bits per heavy atom. The Labute approximate surface area is 130 Å². The molecule has 2 N–H and O–H groups in total. The predicted octanol–water partition coefficient (Wildman–Crippen LogP) is 1.91. The van der Waals surface area contributed by atoms with Crippen LogP contribution in [-0.4, -0.2) is 41.5 Å². The second-order valence-electron chi connectivity index (χ2n) is 4.98. The minimum absolute atomic E-state index is 0. The van der Waals surface area contributed by atoms with Gasteiger partial charge in [0.1, 0.15) is 0 Å². The van der Waals surface area contributed by atoms with Crippen LogP contribution in [0, 0.1) is 0 Å². The van der Waals surface area contributed by atoms with Crippen LogP contribution in [-0.2, 0) is 11.3 Å². The number of rotatable bonds is 7. The van der Waals surface area contributed by atoms with Crippen molar-refractivity contribution in [3.63, 3.8) is 0 Å². The van der Waals surface area contributed by atoms with E-state index in [1.807, 2.05) is 17.0 Å². The molecule has 0 spiro atoms. The highest BCUT2D eigenvalue weighted by Crippen LogP contribution is 2.10. The van der Waals surface area contributed by atoms with E-state index in [9.17, 15) is 9.59 Å². The van der Waals surface area contributed by atoms with Gasteiger partial charge in [-0.1, -0.05) is 18.2 Å². The number of hydrogen-bond donors (Lipinski definition) is 2. The Hall–Kier alpha value is -1.59. The SMILES string of the molecule is Cl.O=C(O)c1ccccc1CNCCCN1CCCC1=O. The first kappa shape index (κ1) is 17.5. The fourth-order valence-corrected chi connectivity index (χ4v) is 2.44. The molecule has 2 rings (SSSR count). The van der Waals surface area contributed by atoms with Crippen LogP contribution in [0.4, 0.5) is 0 Å². The van der Waals surface area contributed by atoms with E-state index in [-0.39, 0.29) is 18.3 Å². The van der Waals surface area contributed by atoms with Crippen molar-refractivity contribution in [3.8, 4) is 0 Å². The molecular formula is C15H21ClN2O3. The van der Waals surface area contributed by atoms with Crippen molar-refractivity contribution in [3.05, 3.63) is 35.4 Å². The molecule has 1 heterocycles. The summed E-state index contributed by atoms with van der Waals surface area (Å²) in [6.45, 7) is 2.97. The first-order valence-electron chi connectivity index (χ1n) is 6.98. The van der Waals surface area contributed by atoms with E-state index in [0.717, 1.165) is 38.0 Å². The number of carboxylic acid groups (broad SMARTS) is 1. The lowest BCUT2D eigenvalue weighted by Crippen LogP contribution is -2.28. The van der Waals surface area contributed by atoms with Crippen molar-refractivity contribution in [1.29, 1.82) is 0 Å². The van der Waals surface area contributed by atoms with E-state index in [4.69, 9.17) is 5.11 Å². The molecule has 1 amide bonds. The van der Waals surface area contributed by atoms with E-state index in [0.29, 0.717) is 18.5 Å². The summed E-state index contributed by atoms with van der Waals surface area (Å²) in [5, 5.41) is 12.3. The number of nitrogens with zero attached hydrogens (tertiary/aromatic N) is 1. The molecule has 5 nitrogen and oxygen atoms in total. The van der Waals surface area contributed by atoms with Crippen molar-refractivity contribution >= 4 is 24.3 Å². The molecule has 0 aromatic heterocycles. The lowest BCUT2D eigenvalue weighted by atomic mass is 10.1. The highest BCUT2D eigenvalue weighted by molar-refractivity contribution is 5.89. The van der Waals surface area contributed by atoms with Crippen molar-refractivity contribution in [2.45, 2.75) is 25.8 Å². The van der Waals surface area contributed by atoms with Gasteiger partial charge in [-0.05, 0) is 31.0 Å². The standard InChI is InChI=1S/C15H20N2O3.ClH/c18-14-7-3-9-17(14)10-4-8-16-11-12-5-1-2-6-13(12)15(19)20;/h1-2,5-6,16H,3-4,7-11H2,(H,19,20);1H. The van der Waals surface area contributed by atoms with E-state index in [2.05, 4.69) is 5.32 Å². The smallest absolute Gasteiger partial charge is 0.336 e. The maximum absolute atomic E-state index is 11.4. The summed E-state index contributed by atoms with van der Waals surface area (Å²) in [7, 11) is 0. The largest absolute Gasteiger partial charge is 0.478 e. The molecule has 0 unspecified atom stereocenters. The number of aromatic carboxylic acids is 1. The highest BCUT2D eigenvalue weighted by atomic mass is 35.5. The van der Waals surface area contributed by atoms with Crippen LogP contribution in [0.15, 0.2) is 24.3 Å². The van der Waals surface area contributed by atoms with Crippen molar-refractivity contribution < 1.29 is 14.7 Å². The molecule has 6 heteroatoms. The zero-order chi connectivity index (χ0) is 14.4. The summed E-state index contributed by atoms with van der Waals surface area (Å²) < 4.78 is 0. The van der Waals surface area contributed by atoms with Gasteiger partial charge < -0.3 is 15.3 Å². The van der Waals surface area contributed by atoms with E-state index >= 15 is 0 Å². The molecule has 21 heavy (non-hydrogen) atoms. The molecule has 0 atom stereocenters. The number of likely N-dealkylation sites (tertiary alicyclic amines) is 1. The second-order valence-corrected chi connectivity index (χ2v) is 4.98. The minimum Gasteiger partial charge on any atom is -0.478 e. The van der Waals surface area contributed by atoms with Gasteiger partial charge in [0.05, 0.1) is 5.56 Å². The van der Waals surface area contributed by atoms with Gasteiger partial charge in [0.25, 0.3) is 0 Å². The Bertz CT molecular complexity index is 494. The normalized spacial score (nSPS) is 14.1. The van der Waals surface area contributed by atoms with Crippen LogP contribution < -0.4 is 5.32 Å². The average molecular weight is 313 g/mol. The first-order chi connectivity index (χ1) is 9.68. The number of nitrogens with one attached hydrogen (secondary N) is 1. The molecule has 0 radical (unpaired) electrons. The third-order valence-corrected chi connectivity index (χ3v) is 3.52. The second kappa shape index (κ2) is 8.64. The molecule has 0 aliphatic carbocycles. The minimum atomic E-state index is -0.898. The van der Waals surface area contributed by atoms with Crippen molar-refractivity contribution in [2.75, 3.05) is 19.6 Å². The number of hydrogen-bond acceptors (Lipinski definition) is 3. The lowest BCUT2D eigenvalue weighted by Gasteiger charge is -2.15. The van der Waals surface area contributed by atoms with Crippen LogP contribution in [0.3, 0.4) is 0 Å². The van der Waals surface area contributed by atoms with Crippen LogP contribution in [0.1, 0.15) is 35.2 Å². The van der Waals surface area contributed by atoms with Crippen molar-refractivity contribution in [2.24, 2.45) is 0 Å². The Balaban J connectivity index is 0.00000220. The quantitative estimate of drug-likeness (QED) is 0.755. The summed E-state index contributed by atoms with van der Waals surface area (Å²) in [5.41, 5.74) is 1.13. The molecule has 1 aromatic rings. The monoisotopic (exact) mass is 312 g/mol. The summed E-state index contributed by atoms with van der Waals surface area (Å²) in [5.74, 6) is -0.647. The van der Waals surface area contributed by atoms with Gasteiger partial charge in [-0.25, -0.2) is 4.79 Å². The van der Waals surface area contributed by atoms with E-state index in [1.54, 1.807) is 12.1 Å². The first-order valence-corrected chi connectivity index (χ1v) is 6.98. The topological polar surface area (TPSA) is 69.6 Å². The molecule has 1 aromatic carbocycles. The van der Waals surface area contributed by atoms with Crippen LogP contribution >= 0.6 is 12.4 Å². The van der Waals surface area contributed by atoms with Crippen LogP contribution in [0.25, 0.3) is 0 Å². The van der Waals surface area contributed by atoms with Gasteiger partial charge in [-0.3, -0.25) is 4.79 Å². The maximum atomic E-state index is 11.4. The van der Waals surface area contributed by atoms with Gasteiger partial charge in [0.2, 0.25) is 5.91 Å². The molecule has 0 saturated carbocycles. The molecule has 1 aliphatic rings. The van der Waals surface area contributed by atoms with Gasteiger partial charge in [0.15, 0.2) is 0 Å². The Morgan fingerprint density at radius 1 is 1.33 bits per heavy atom. The predicted molar refractivity (Wildman–Crippen MR) is 82.8 cm³/mol. The number of benzene rings is 1. The fraction of sp³-hybridized carbons (Fsp3) is 0.467. The number of carbonyl (C=O) groups excluding carboxylic acids is 1. The number of amides is 1. The van der Waals surface area contributed by atoms with Gasteiger partial charge in [-0.15, -0.1) is 12.4 Å². The summed E-state index contributed by atoms with van der Waals surface area (Å²) in [6, 6.07) is 7.00. The van der Waals surface area contributed by atoms with Gasteiger partial charge >= 0.3 is 5.97 Å². The maximum Gasteiger partial charge on any atom is 0.336 e. The van der Waals surface area contributed by atoms with E-state index in [1.165, 1.54) is 0 Å². The van der Waals surface area contributed by atoms with Gasteiger partial charge in [-0.2, -0.15) is 0 Å². The molecule has 1 saturated heterocycles. The highest BCUT2D eigenvalue weighted by Gasteiger charge is 2.18. The third-order valence-electron chi connectivity index (χ3n) is 3.52. The molecular weight excluding hydrogens is 292 g/mol. The Kier molecular flexibility index (Phi) is 7.19. The van der Waals surface area contributed by atoms with Gasteiger partial charge in [0, 0.05) is 26.1 Å². The Morgan fingerprint density at radius 3 is 2.76 bits per heavy atom. The zero-order valence-electron chi connectivity index (χ0n) is 11.9. The van der Waals surface area contributed by atoms with Crippen LogP contribution in [0.2, 0.25) is 0 Å². The summed E-state index contributed by atoms with van der Waals surface area (Å²) >= 11 is 0. The molecule has 1 aliphatic heterocycles.